The molecule has 1 atom stereocenters. The monoisotopic (exact) mass is 383 g/mol. The second-order valence-corrected chi connectivity index (χ2v) is 7.11. The van der Waals surface area contributed by atoms with E-state index in [1.54, 1.807) is 12.1 Å². The third-order valence-electron chi connectivity index (χ3n) is 5.10. The quantitative estimate of drug-likeness (QED) is 0.612. The molecular weight excluding hydrogens is 361 g/mol. The van der Waals surface area contributed by atoms with Crippen LogP contribution in [0.15, 0.2) is 30.3 Å². The molecule has 146 valence electrons. The van der Waals surface area contributed by atoms with Crippen LogP contribution in [0.3, 0.4) is 0 Å². The molecule has 8 heteroatoms. The maximum Gasteiger partial charge on any atom is 0.205 e. The van der Waals surface area contributed by atoms with Crippen LogP contribution >= 0.6 is 0 Å². The molecule has 0 aliphatic carbocycles. The number of ketones is 1. The number of hydrogen-bond acceptors (Lipinski definition) is 5. The average Bonchev–Trinajstić information content (AvgIpc) is 3.40. The van der Waals surface area contributed by atoms with Crippen molar-refractivity contribution in [3.05, 3.63) is 53.1 Å². The molecule has 1 aliphatic rings. The lowest BCUT2D eigenvalue weighted by atomic mass is 10.1. The molecule has 1 aliphatic heterocycles. The van der Waals surface area contributed by atoms with Gasteiger partial charge >= 0.3 is 0 Å². The van der Waals surface area contributed by atoms with E-state index in [-0.39, 0.29) is 30.1 Å². The number of rotatable bonds is 6. The van der Waals surface area contributed by atoms with Crippen LogP contribution in [-0.2, 0) is 17.8 Å². The molecule has 0 bridgehead atoms. The first-order valence-corrected chi connectivity index (χ1v) is 9.36. The molecular formula is C20H22FN5O2. The summed E-state index contributed by atoms with van der Waals surface area (Å²) in [5.74, 6) is -0.172. The van der Waals surface area contributed by atoms with Crippen LogP contribution in [0.2, 0.25) is 0 Å². The molecule has 0 amide bonds. The number of benzene rings is 1. The van der Waals surface area contributed by atoms with Gasteiger partial charge in [0.05, 0.1) is 6.10 Å². The van der Waals surface area contributed by atoms with Gasteiger partial charge in [0.15, 0.2) is 5.78 Å². The van der Waals surface area contributed by atoms with Gasteiger partial charge in [-0.05, 0) is 50.1 Å². The van der Waals surface area contributed by atoms with Crippen LogP contribution in [-0.4, -0.2) is 43.3 Å². The molecule has 0 spiro atoms. The summed E-state index contributed by atoms with van der Waals surface area (Å²) in [6.45, 7) is 5.49. The first kappa shape index (κ1) is 18.5. The number of halogens is 1. The van der Waals surface area contributed by atoms with Crippen molar-refractivity contribution in [1.82, 2.24) is 24.8 Å². The second-order valence-electron chi connectivity index (χ2n) is 7.11. The summed E-state index contributed by atoms with van der Waals surface area (Å²) in [5.41, 5.74) is 3.13. The number of tetrazole rings is 1. The molecule has 4 rings (SSSR count). The van der Waals surface area contributed by atoms with Gasteiger partial charge in [-0.25, -0.2) is 4.39 Å². The smallest absolute Gasteiger partial charge is 0.205 e. The third kappa shape index (κ3) is 3.73. The fourth-order valence-corrected chi connectivity index (χ4v) is 3.62. The fraction of sp³-hybridized carbons (Fsp3) is 0.400. The number of hydrogen-bond donors (Lipinski definition) is 0. The van der Waals surface area contributed by atoms with E-state index in [2.05, 4.69) is 20.0 Å². The largest absolute Gasteiger partial charge is 0.376 e. The predicted octanol–water partition coefficient (Wildman–Crippen LogP) is 2.96. The number of aryl methyl sites for hydroxylation is 1. The maximum atomic E-state index is 13.4. The standard InChI is InChI=1S/C20H22FN5O2/c1-13-9-18(14(2)25(13)11-17-7-4-8-28-17)19(27)12-26-23-20(22-24-26)15-5-3-6-16(21)10-15/h3,5-6,9-10,17H,4,7-8,11-12H2,1-2H3/t17-/m1/s1. The summed E-state index contributed by atoms with van der Waals surface area (Å²) >= 11 is 0. The number of ether oxygens (including phenoxy) is 1. The Kier molecular flexibility index (Phi) is 5.04. The van der Waals surface area contributed by atoms with Crippen LogP contribution in [0.4, 0.5) is 4.39 Å². The van der Waals surface area contributed by atoms with E-state index in [1.165, 1.54) is 16.9 Å². The minimum absolute atomic E-state index is 0.0213. The number of carbonyl (C=O) groups is 1. The molecule has 1 aromatic carbocycles. The van der Waals surface area contributed by atoms with E-state index in [0.717, 1.165) is 37.4 Å². The van der Waals surface area contributed by atoms with Crippen molar-refractivity contribution in [1.29, 1.82) is 0 Å². The predicted molar refractivity (Wildman–Crippen MR) is 100 cm³/mol. The van der Waals surface area contributed by atoms with E-state index in [1.807, 2.05) is 19.9 Å². The summed E-state index contributed by atoms with van der Waals surface area (Å²) in [4.78, 5) is 14.0. The summed E-state index contributed by atoms with van der Waals surface area (Å²) < 4.78 is 21.2. The summed E-state index contributed by atoms with van der Waals surface area (Å²) in [6.07, 6.45) is 2.34. The Morgan fingerprint density at radius 2 is 2.18 bits per heavy atom. The number of nitrogens with zero attached hydrogens (tertiary/aromatic N) is 5. The van der Waals surface area contributed by atoms with Crippen LogP contribution in [0.5, 0.6) is 0 Å². The van der Waals surface area contributed by atoms with E-state index < -0.39 is 0 Å². The topological polar surface area (TPSA) is 74.8 Å². The summed E-state index contributed by atoms with van der Waals surface area (Å²) in [6, 6.07) is 7.87. The van der Waals surface area contributed by atoms with Gasteiger partial charge in [0.25, 0.3) is 0 Å². The SMILES string of the molecule is Cc1cc(C(=O)Cn2nnc(-c3cccc(F)c3)n2)c(C)n1C[C@H]1CCCO1. The lowest BCUT2D eigenvalue weighted by Gasteiger charge is -2.14. The van der Waals surface area contributed by atoms with Crippen molar-refractivity contribution in [3.8, 4) is 11.4 Å². The van der Waals surface area contributed by atoms with Gasteiger partial charge in [-0.1, -0.05) is 12.1 Å². The van der Waals surface area contributed by atoms with Crippen molar-refractivity contribution in [3.63, 3.8) is 0 Å². The van der Waals surface area contributed by atoms with Gasteiger partial charge in [-0.15, -0.1) is 10.2 Å². The molecule has 3 aromatic rings. The van der Waals surface area contributed by atoms with Gasteiger partial charge in [-0.2, -0.15) is 4.80 Å². The number of aromatic nitrogens is 5. The minimum atomic E-state index is -0.372. The Labute approximate surface area is 162 Å². The highest BCUT2D eigenvalue weighted by molar-refractivity contribution is 5.97. The summed E-state index contributed by atoms with van der Waals surface area (Å²) in [5, 5.41) is 12.1. The van der Waals surface area contributed by atoms with Gasteiger partial charge in [0.2, 0.25) is 5.82 Å². The molecule has 3 heterocycles. The third-order valence-corrected chi connectivity index (χ3v) is 5.10. The Bertz CT molecular complexity index is 1000. The zero-order valence-corrected chi connectivity index (χ0v) is 15.9. The maximum absolute atomic E-state index is 13.4. The van der Waals surface area contributed by atoms with E-state index in [9.17, 15) is 9.18 Å². The number of carbonyl (C=O) groups excluding carboxylic acids is 1. The first-order chi connectivity index (χ1) is 13.5. The van der Waals surface area contributed by atoms with Crippen LogP contribution in [0.1, 0.15) is 34.6 Å². The van der Waals surface area contributed by atoms with Crippen molar-refractivity contribution >= 4 is 5.78 Å². The lowest BCUT2D eigenvalue weighted by Crippen LogP contribution is -2.18. The molecule has 28 heavy (non-hydrogen) atoms. The Balaban J connectivity index is 1.50. The van der Waals surface area contributed by atoms with Crippen LogP contribution < -0.4 is 0 Å². The lowest BCUT2D eigenvalue weighted by molar-refractivity contribution is 0.0943. The highest BCUT2D eigenvalue weighted by Gasteiger charge is 2.21. The Morgan fingerprint density at radius 1 is 1.32 bits per heavy atom. The molecule has 0 radical (unpaired) electrons. The first-order valence-electron chi connectivity index (χ1n) is 9.36. The molecule has 1 saturated heterocycles. The van der Waals surface area contributed by atoms with Crippen molar-refractivity contribution in [2.45, 2.75) is 45.9 Å². The zero-order chi connectivity index (χ0) is 19.7. The molecule has 2 aromatic heterocycles. The normalized spacial score (nSPS) is 16.6. The van der Waals surface area contributed by atoms with Crippen LogP contribution in [0.25, 0.3) is 11.4 Å². The fourth-order valence-electron chi connectivity index (χ4n) is 3.62. The van der Waals surface area contributed by atoms with Gasteiger partial charge in [-0.3, -0.25) is 4.79 Å². The molecule has 0 unspecified atom stereocenters. The van der Waals surface area contributed by atoms with E-state index in [4.69, 9.17) is 4.74 Å². The Hall–Kier alpha value is -2.87. The highest BCUT2D eigenvalue weighted by atomic mass is 19.1. The van der Waals surface area contributed by atoms with Gasteiger partial charge < -0.3 is 9.30 Å². The molecule has 1 fully saturated rings. The highest BCUT2D eigenvalue weighted by Crippen LogP contribution is 2.21. The van der Waals surface area contributed by atoms with E-state index >= 15 is 0 Å². The van der Waals surface area contributed by atoms with Crippen molar-refractivity contribution in [2.75, 3.05) is 6.61 Å². The number of Topliss-reactive ketones (excluding diaryl/α,β-unsaturated/α-hetero) is 1. The average molecular weight is 383 g/mol. The molecule has 7 nitrogen and oxygen atoms in total. The van der Waals surface area contributed by atoms with E-state index in [0.29, 0.717) is 11.1 Å². The second kappa shape index (κ2) is 7.63. The zero-order valence-electron chi connectivity index (χ0n) is 15.9. The minimum Gasteiger partial charge on any atom is -0.376 e. The molecule has 0 N–H and O–H groups in total. The van der Waals surface area contributed by atoms with Crippen molar-refractivity contribution in [2.24, 2.45) is 0 Å². The summed E-state index contributed by atoms with van der Waals surface area (Å²) in [7, 11) is 0. The van der Waals surface area contributed by atoms with Crippen molar-refractivity contribution < 1.29 is 13.9 Å². The van der Waals surface area contributed by atoms with Crippen LogP contribution in [0, 0.1) is 19.7 Å². The Morgan fingerprint density at radius 3 is 2.93 bits per heavy atom. The van der Waals surface area contributed by atoms with Gasteiger partial charge in [0, 0.05) is 35.7 Å². The van der Waals surface area contributed by atoms with Gasteiger partial charge in [0.1, 0.15) is 12.4 Å². The molecule has 0 saturated carbocycles.